The number of imide groups is 2. The molecular weight excluding hydrogens is 717 g/mol. The molecule has 0 fully saturated rings. The van der Waals surface area contributed by atoms with Crippen molar-refractivity contribution < 1.29 is 33.4 Å². The Morgan fingerprint density at radius 1 is 0.333 bits per heavy atom. The Morgan fingerprint density at radius 2 is 0.667 bits per heavy atom. The number of ether oxygens (including phenoxy) is 3. The second-order valence-corrected chi connectivity index (χ2v) is 13.8. The zero-order chi connectivity index (χ0) is 39.2. The Balaban J connectivity index is 0.932. The lowest BCUT2D eigenvalue weighted by atomic mass is 9.97. The normalized spacial score (nSPS) is 13.2. The Kier molecular flexibility index (Phi) is 8.67. The first-order chi connectivity index (χ1) is 27.7. The van der Waals surface area contributed by atoms with Crippen molar-refractivity contribution in [1.29, 1.82) is 0 Å². The van der Waals surface area contributed by atoms with E-state index in [0.717, 1.165) is 20.9 Å². The van der Waals surface area contributed by atoms with Gasteiger partial charge in [0.2, 0.25) is 0 Å². The zero-order valence-electron chi connectivity index (χ0n) is 30.8. The van der Waals surface area contributed by atoms with Crippen LogP contribution in [0.2, 0.25) is 0 Å². The van der Waals surface area contributed by atoms with Gasteiger partial charge in [-0.15, -0.1) is 0 Å². The Bertz CT molecular complexity index is 2810. The van der Waals surface area contributed by atoms with Gasteiger partial charge in [0.25, 0.3) is 23.6 Å². The summed E-state index contributed by atoms with van der Waals surface area (Å²) < 4.78 is 18.2. The van der Waals surface area contributed by atoms with Crippen LogP contribution in [0.4, 0.5) is 11.4 Å². The maximum Gasteiger partial charge on any atom is 0.266 e. The molecule has 9 heteroatoms. The van der Waals surface area contributed by atoms with Crippen molar-refractivity contribution in [3.05, 3.63) is 191 Å². The van der Waals surface area contributed by atoms with Crippen LogP contribution in [0.25, 0.3) is 11.1 Å². The number of fused-ring (bicyclic) bond motifs is 2. The van der Waals surface area contributed by atoms with Gasteiger partial charge < -0.3 is 14.2 Å². The van der Waals surface area contributed by atoms with Crippen LogP contribution in [-0.4, -0.2) is 23.6 Å². The van der Waals surface area contributed by atoms with E-state index in [9.17, 15) is 19.2 Å². The van der Waals surface area contributed by atoms with Gasteiger partial charge in [0.05, 0.1) is 33.6 Å². The summed E-state index contributed by atoms with van der Waals surface area (Å²) in [5.41, 5.74) is 5.03. The van der Waals surface area contributed by atoms with Crippen LogP contribution in [0.3, 0.4) is 0 Å². The molecule has 0 aromatic heterocycles. The van der Waals surface area contributed by atoms with Crippen LogP contribution in [-0.2, 0) is 0 Å². The van der Waals surface area contributed by atoms with Crippen LogP contribution in [0.5, 0.6) is 34.5 Å². The van der Waals surface area contributed by atoms with Crippen molar-refractivity contribution in [2.75, 3.05) is 9.80 Å². The zero-order valence-corrected chi connectivity index (χ0v) is 30.8. The molecule has 0 radical (unpaired) electrons. The lowest BCUT2D eigenvalue weighted by Gasteiger charge is -2.15. The van der Waals surface area contributed by atoms with Crippen molar-refractivity contribution in [2.24, 2.45) is 0 Å². The molecule has 0 unspecified atom stereocenters. The average Bonchev–Trinajstić information content (AvgIpc) is 3.61. The summed E-state index contributed by atoms with van der Waals surface area (Å²) >= 11 is 0. The van der Waals surface area contributed by atoms with Crippen LogP contribution in [0.15, 0.2) is 158 Å². The van der Waals surface area contributed by atoms with Gasteiger partial charge in [-0.25, -0.2) is 9.80 Å². The summed E-state index contributed by atoms with van der Waals surface area (Å²) in [5.74, 6) is 1.48. The fourth-order valence-electron chi connectivity index (χ4n) is 7.05. The Morgan fingerprint density at radius 3 is 1.07 bits per heavy atom. The minimum Gasteiger partial charge on any atom is -0.457 e. The van der Waals surface area contributed by atoms with Crippen molar-refractivity contribution in [1.82, 2.24) is 0 Å². The molecule has 0 saturated heterocycles. The second-order valence-electron chi connectivity index (χ2n) is 13.8. The van der Waals surface area contributed by atoms with E-state index < -0.39 is 23.6 Å². The highest BCUT2D eigenvalue weighted by Gasteiger charge is 2.39. The van der Waals surface area contributed by atoms with Crippen molar-refractivity contribution in [3.63, 3.8) is 0 Å². The standard InChI is InChI=1S/C48H32N2O7/c1-29-8-3-12-35(22-29)55-37-14-5-10-33(26-37)49-45(51)41-20-18-31(24-43(41)47(49)53)32-19-21-42-44(25-32)48(54)50(46(42)52)34-11-6-15-38(27-34)57-40-17-7-16-39(28-40)56-36-13-4-9-30(2)23-36/h3-28H,1-2H3. The molecule has 7 aromatic rings. The minimum atomic E-state index is -0.492. The molecule has 7 aromatic carbocycles. The smallest absolute Gasteiger partial charge is 0.266 e. The van der Waals surface area contributed by atoms with Gasteiger partial charge in [-0.1, -0.05) is 54.6 Å². The maximum absolute atomic E-state index is 13.9. The van der Waals surface area contributed by atoms with E-state index >= 15 is 0 Å². The van der Waals surface area contributed by atoms with E-state index in [1.807, 2.05) is 74.5 Å². The second kappa shape index (κ2) is 14.1. The molecule has 57 heavy (non-hydrogen) atoms. The molecule has 9 rings (SSSR count). The largest absolute Gasteiger partial charge is 0.457 e. The number of rotatable bonds is 9. The quantitative estimate of drug-likeness (QED) is 0.135. The Labute approximate surface area is 327 Å². The number of hydrogen-bond acceptors (Lipinski definition) is 7. The molecule has 4 amide bonds. The van der Waals surface area contributed by atoms with Crippen molar-refractivity contribution >= 4 is 35.0 Å². The molecule has 0 N–H and O–H groups in total. The number of carbonyl (C=O) groups is 4. The summed E-state index contributed by atoms with van der Waals surface area (Å²) in [7, 11) is 0. The van der Waals surface area contributed by atoms with Crippen LogP contribution < -0.4 is 24.0 Å². The molecular formula is C48H32N2O7. The van der Waals surface area contributed by atoms with E-state index in [-0.39, 0.29) is 22.3 Å². The van der Waals surface area contributed by atoms with Gasteiger partial charge in [0.15, 0.2) is 0 Å². The summed E-state index contributed by atoms with van der Waals surface area (Å²) in [5, 5.41) is 0. The van der Waals surface area contributed by atoms with E-state index in [1.165, 1.54) is 0 Å². The topological polar surface area (TPSA) is 102 Å². The molecule has 0 spiro atoms. The number of aryl methyl sites for hydroxylation is 2. The van der Waals surface area contributed by atoms with Gasteiger partial charge in [0, 0.05) is 18.2 Å². The number of anilines is 2. The van der Waals surface area contributed by atoms with E-state index in [2.05, 4.69) is 0 Å². The fourth-order valence-corrected chi connectivity index (χ4v) is 7.05. The third-order valence-electron chi connectivity index (χ3n) is 9.75. The molecule has 0 saturated carbocycles. The third kappa shape index (κ3) is 6.68. The molecule has 9 nitrogen and oxygen atoms in total. The molecule has 0 atom stereocenters. The van der Waals surface area contributed by atoms with Gasteiger partial charge in [-0.2, -0.15) is 0 Å². The number of hydrogen-bond donors (Lipinski definition) is 0. The molecule has 276 valence electrons. The van der Waals surface area contributed by atoms with E-state index in [1.54, 1.807) is 97.1 Å². The molecule has 0 aliphatic carbocycles. The van der Waals surface area contributed by atoms with Crippen molar-refractivity contribution in [3.8, 4) is 45.6 Å². The first-order valence-corrected chi connectivity index (χ1v) is 18.2. The van der Waals surface area contributed by atoms with E-state index in [4.69, 9.17) is 14.2 Å². The van der Waals surface area contributed by atoms with Gasteiger partial charge in [-0.05, 0) is 121 Å². The summed E-state index contributed by atoms with van der Waals surface area (Å²) in [6.45, 7) is 3.96. The fraction of sp³-hybridized carbons (Fsp3) is 0.0417. The molecule has 2 heterocycles. The summed E-state index contributed by atoms with van der Waals surface area (Å²) in [6.07, 6.45) is 0. The van der Waals surface area contributed by atoms with Gasteiger partial charge in [0.1, 0.15) is 34.5 Å². The predicted octanol–water partition coefficient (Wildman–Crippen LogP) is 10.9. The monoisotopic (exact) mass is 748 g/mol. The molecule has 2 aliphatic heterocycles. The first kappa shape index (κ1) is 35.0. The predicted molar refractivity (Wildman–Crippen MR) is 216 cm³/mol. The molecule has 0 bridgehead atoms. The Hall–Kier alpha value is -7.78. The number of amides is 4. The number of carbonyl (C=O) groups excluding carboxylic acids is 4. The van der Waals surface area contributed by atoms with Crippen LogP contribution in [0, 0.1) is 13.8 Å². The van der Waals surface area contributed by atoms with Crippen LogP contribution in [0.1, 0.15) is 52.6 Å². The van der Waals surface area contributed by atoms with Crippen molar-refractivity contribution in [2.45, 2.75) is 13.8 Å². The highest BCUT2D eigenvalue weighted by molar-refractivity contribution is 6.35. The molecule has 2 aliphatic rings. The van der Waals surface area contributed by atoms with Gasteiger partial charge in [-0.3, -0.25) is 19.2 Å². The minimum absolute atomic E-state index is 0.222. The van der Waals surface area contributed by atoms with Crippen LogP contribution >= 0.6 is 0 Å². The number of benzene rings is 7. The maximum atomic E-state index is 13.9. The SMILES string of the molecule is Cc1cccc(Oc2cccc(Oc3cccc(N4C(=O)c5ccc(-c6ccc7c(c6)C(=O)N(c6cccc(Oc8cccc(C)c8)c6)C7=O)cc5C4=O)c3)c2)c1. The lowest BCUT2D eigenvalue weighted by molar-refractivity contribution is 0.0910. The van der Waals surface area contributed by atoms with E-state index in [0.29, 0.717) is 57.0 Å². The lowest BCUT2D eigenvalue weighted by Crippen LogP contribution is -2.29. The summed E-state index contributed by atoms with van der Waals surface area (Å²) in [6, 6.07) is 46.1. The highest BCUT2D eigenvalue weighted by atomic mass is 16.5. The first-order valence-electron chi connectivity index (χ1n) is 18.2. The average molecular weight is 749 g/mol. The third-order valence-corrected chi connectivity index (χ3v) is 9.75. The highest BCUT2D eigenvalue weighted by Crippen LogP contribution is 2.38. The number of nitrogens with zero attached hydrogens (tertiary/aromatic N) is 2. The van der Waals surface area contributed by atoms with Gasteiger partial charge >= 0.3 is 0 Å². The summed E-state index contributed by atoms with van der Waals surface area (Å²) in [4.78, 5) is 57.1.